The summed E-state index contributed by atoms with van der Waals surface area (Å²) >= 11 is 0. The lowest BCUT2D eigenvalue weighted by molar-refractivity contribution is 0.143. The summed E-state index contributed by atoms with van der Waals surface area (Å²) in [6.45, 7) is 3.81. The highest BCUT2D eigenvalue weighted by atomic mass is 32.2. The zero-order chi connectivity index (χ0) is 17.7. The Morgan fingerprint density at radius 3 is 2.80 bits per heavy atom. The van der Waals surface area contributed by atoms with E-state index in [1.54, 1.807) is 12.3 Å². The molecule has 0 spiro atoms. The first-order chi connectivity index (χ1) is 12.1. The zero-order valence-corrected chi connectivity index (χ0v) is 15.8. The van der Waals surface area contributed by atoms with E-state index in [1.165, 1.54) is 38.3 Å². The molecular formula is C18H29N3O3S. The van der Waals surface area contributed by atoms with Gasteiger partial charge in [-0.3, -0.25) is 9.88 Å². The topological polar surface area (TPSA) is 71.5 Å². The molecule has 2 aliphatic rings. The van der Waals surface area contributed by atoms with Crippen molar-refractivity contribution in [1.29, 1.82) is 0 Å². The second-order valence-corrected chi connectivity index (χ2v) is 8.67. The first-order valence-electron chi connectivity index (χ1n) is 9.44. The summed E-state index contributed by atoms with van der Waals surface area (Å²) < 4.78 is 33.7. The van der Waals surface area contributed by atoms with Crippen molar-refractivity contribution < 1.29 is 13.2 Å². The average molecular weight is 368 g/mol. The Morgan fingerprint density at radius 1 is 1.24 bits per heavy atom. The molecule has 140 valence electrons. The predicted octanol–water partition coefficient (Wildman–Crippen LogP) is 2.56. The summed E-state index contributed by atoms with van der Waals surface area (Å²) in [7, 11) is -3.62. The van der Waals surface area contributed by atoms with Crippen molar-refractivity contribution in [2.24, 2.45) is 0 Å². The van der Waals surface area contributed by atoms with Crippen LogP contribution in [0.2, 0.25) is 0 Å². The molecule has 2 fully saturated rings. The number of nitrogens with one attached hydrogen (secondary N) is 1. The third-order valence-corrected chi connectivity index (χ3v) is 6.74. The fraction of sp³-hybridized carbons (Fsp3) is 0.722. The maximum atomic E-state index is 12.7. The number of nitrogens with zero attached hydrogens (tertiary/aromatic N) is 2. The molecule has 0 amide bonds. The van der Waals surface area contributed by atoms with E-state index in [9.17, 15) is 8.42 Å². The van der Waals surface area contributed by atoms with Gasteiger partial charge in [-0.15, -0.1) is 0 Å². The number of sulfonamides is 1. The maximum absolute atomic E-state index is 12.7. The van der Waals surface area contributed by atoms with Gasteiger partial charge in [-0.2, -0.15) is 0 Å². The molecule has 0 bridgehead atoms. The molecule has 7 heteroatoms. The SMILES string of the molecule is CCOc1ccncc1S(=O)(=O)NC[C@H]1CCCN1C1CCCCC1. The van der Waals surface area contributed by atoms with E-state index < -0.39 is 10.0 Å². The minimum absolute atomic E-state index is 0.124. The van der Waals surface area contributed by atoms with Crippen molar-refractivity contribution in [1.82, 2.24) is 14.6 Å². The van der Waals surface area contributed by atoms with E-state index >= 15 is 0 Å². The van der Waals surface area contributed by atoms with Crippen molar-refractivity contribution in [3.63, 3.8) is 0 Å². The van der Waals surface area contributed by atoms with E-state index in [4.69, 9.17) is 4.74 Å². The molecule has 2 heterocycles. The van der Waals surface area contributed by atoms with Gasteiger partial charge in [-0.1, -0.05) is 19.3 Å². The minimum atomic E-state index is -3.62. The number of rotatable bonds is 7. The van der Waals surface area contributed by atoms with Gasteiger partial charge >= 0.3 is 0 Å². The third-order valence-electron chi connectivity index (χ3n) is 5.31. The van der Waals surface area contributed by atoms with Gasteiger partial charge in [-0.25, -0.2) is 13.1 Å². The molecule has 1 aliphatic heterocycles. The Hall–Kier alpha value is -1.18. The summed E-state index contributed by atoms with van der Waals surface area (Å²) in [5, 5.41) is 0. The van der Waals surface area contributed by atoms with Gasteiger partial charge in [-0.05, 0) is 45.2 Å². The molecule has 1 N–H and O–H groups in total. The average Bonchev–Trinajstić information content (AvgIpc) is 3.10. The molecule has 0 radical (unpaired) electrons. The molecule has 25 heavy (non-hydrogen) atoms. The van der Waals surface area contributed by atoms with Gasteiger partial charge in [0.05, 0.1) is 12.8 Å². The van der Waals surface area contributed by atoms with Gasteiger partial charge in [0.15, 0.2) is 0 Å². The second-order valence-electron chi connectivity index (χ2n) is 6.93. The Kier molecular flexibility index (Phi) is 6.30. The Balaban J connectivity index is 1.65. The first kappa shape index (κ1) is 18.6. The lowest BCUT2D eigenvalue weighted by Gasteiger charge is -2.35. The van der Waals surface area contributed by atoms with Crippen molar-refractivity contribution in [2.75, 3.05) is 19.7 Å². The van der Waals surface area contributed by atoms with Crippen molar-refractivity contribution in [3.8, 4) is 5.75 Å². The minimum Gasteiger partial charge on any atom is -0.492 e. The van der Waals surface area contributed by atoms with Gasteiger partial charge in [0, 0.05) is 24.8 Å². The molecule has 0 aromatic carbocycles. The highest BCUT2D eigenvalue weighted by Gasteiger charge is 2.32. The van der Waals surface area contributed by atoms with Crippen LogP contribution in [0, 0.1) is 0 Å². The fourth-order valence-electron chi connectivity index (χ4n) is 4.10. The third kappa shape index (κ3) is 4.51. The Bertz CT molecular complexity index is 659. The molecular weight excluding hydrogens is 338 g/mol. The van der Waals surface area contributed by atoms with E-state index in [0.29, 0.717) is 31.0 Å². The fourth-order valence-corrected chi connectivity index (χ4v) is 5.26. The summed E-state index contributed by atoms with van der Waals surface area (Å²) in [5.74, 6) is 0.362. The standard InChI is InChI=1S/C18H29N3O3S/c1-2-24-17-10-11-19-14-18(17)25(22,23)20-13-16-9-6-12-21(16)15-7-4-3-5-8-15/h10-11,14-16,20H,2-9,12-13H2,1H3/t16-/m1/s1. The van der Waals surface area contributed by atoms with E-state index in [-0.39, 0.29) is 4.90 Å². The van der Waals surface area contributed by atoms with Crippen LogP contribution >= 0.6 is 0 Å². The molecule has 1 aromatic heterocycles. The zero-order valence-electron chi connectivity index (χ0n) is 15.0. The summed E-state index contributed by atoms with van der Waals surface area (Å²) in [6, 6.07) is 2.52. The quantitative estimate of drug-likeness (QED) is 0.802. The maximum Gasteiger partial charge on any atom is 0.245 e. The van der Waals surface area contributed by atoms with Crippen LogP contribution in [0.3, 0.4) is 0 Å². The van der Waals surface area contributed by atoms with Crippen LogP contribution < -0.4 is 9.46 Å². The molecule has 1 saturated heterocycles. The molecule has 3 rings (SSSR count). The summed E-state index contributed by atoms with van der Waals surface area (Å²) in [4.78, 5) is 6.61. The summed E-state index contributed by atoms with van der Waals surface area (Å²) in [6.07, 6.45) is 11.6. The number of hydrogen-bond acceptors (Lipinski definition) is 5. The van der Waals surface area contributed by atoms with Crippen molar-refractivity contribution >= 4 is 10.0 Å². The van der Waals surface area contributed by atoms with E-state index in [0.717, 1.165) is 19.4 Å². The number of aromatic nitrogens is 1. The first-order valence-corrected chi connectivity index (χ1v) is 10.9. The number of hydrogen-bond donors (Lipinski definition) is 1. The van der Waals surface area contributed by atoms with Crippen LogP contribution in [-0.2, 0) is 10.0 Å². The molecule has 0 unspecified atom stereocenters. The summed E-state index contributed by atoms with van der Waals surface area (Å²) in [5.41, 5.74) is 0. The predicted molar refractivity (Wildman–Crippen MR) is 97.2 cm³/mol. The molecule has 1 aromatic rings. The van der Waals surface area contributed by atoms with Crippen LogP contribution in [0.5, 0.6) is 5.75 Å². The van der Waals surface area contributed by atoms with Gasteiger partial charge in [0.1, 0.15) is 10.6 Å². The van der Waals surface area contributed by atoms with Crippen molar-refractivity contribution in [3.05, 3.63) is 18.5 Å². The van der Waals surface area contributed by atoms with Gasteiger partial charge in [0.25, 0.3) is 0 Å². The highest BCUT2D eigenvalue weighted by Crippen LogP contribution is 2.29. The van der Waals surface area contributed by atoms with Crippen LogP contribution in [0.15, 0.2) is 23.4 Å². The second kappa shape index (κ2) is 8.47. The highest BCUT2D eigenvalue weighted by molar-refractivity contribution is 7.89. The van der Waals surface area contributed by atoms with E-state index in [2.05, 4.69) is 14.6 Å². The molecule has 6 nitrogen and oxygen atoms in total. The molecule has 1 aliphatic carbocycles. The smallest absolute Gasteiger partial charge is 0.245 e. The van der Waals surface area contributed by atoms with Gasteiger partial charge < -0.3 is 4.74 Å². The largest absolute Gasteiger partial charge is 0.492 e. The normalized spacial score (nSPS) is 23.0. The monoisotopic (exact) mass is 367 g/mol. The van der Waals surface area contributed by atoms with Crippen LogP contribution in [-0.4, -0.2) is 50.1 Å². The lowest BCUT2D eigenvalue weighted by Crippen LogP contribution is -2.45. The van der Waals surface area contributed by atoms with Crippen molar-refractivity contribution in [2.45, 2.75) is 68.8 Å². The van der Waals surface area contributed by atoms with Crippen LogP contribution in [0.4, 0.5) is 0 Å². The van der Waals surface area contributed by atoms with Crippen LogP contribution in [0.1, 0.15) is 51.9 Å². The Labute approximate surface area is 151 Å². The number of likely N-dealkylation sites (tertiary alicyclic amines) is 1. The van der Waals surface area contributed by atoms with Gasteiger partial charge in [0.2, 0.25) is 10.0 Å². The van der Waals surface area contributed by atoms with E-state index in [1.807, 2.05) is 6.92 Å². The lowest BCUT2D eigenvalue weighted by atomic mass is 9.94. The Morgan fingerprint density at radius 2 is 2.04 bits per heavy atom. The molecule has 1 atom stereocenters. The van der Waals surface area contributed by atoms with Crippen LogP contribution in [0.25, 0.3) is 0 Å². The molecule has 1 saturated carbocycles. The number of pyridine rings is 1. The number of ether oxygens (including phenoxy) is 1.